The largest absolute Gasteiger partial charge is 0.338 e. The van der Waals surface area contributed by atoms with Crippen molar-refractivity contribution < 1.29 is 4.52 Å². The number of hydrogen-bond acceptors (Lipinski definition) is 4. The van der Waals surface area contributed by atoms with Crippen LogP contribution >= 0.6 is 0 Å². The fraction of sp³-hybridized carbons (Fsp3) is 0.800. The quantitative estimate of drug-likeness (QED) is 0.793. The molecule has 1 heterocycles. The molecule has 1 unspecified atom stereocenters. The number of aromatic nitrogens is 2. The summed E-state index contributed by atoms with van der Waals surface area (Å²) in [5.41, 5.74) is 5.95. The summed E-state index contributed by atoms with van der Waals surface area (Å²) in [5, 5.41) is 3.92. The zero-order chi connectivity index (χ0) is 10.1. The molecule has 1 saturated carbocycles. The molecule has 1 aromatic heterocycles. The van der Waals surface area contributed by atoms with Crippen molar-refractivity contribution in [3.63, 3.8) is 0 Å². The Morgan fingerprint density at radius 2 is 2.21 bits per heavy atom. The van der Waals surface area contributed by atoms with Gasteiger partial charge in [0, 0.05) is 6.42 Å². The average molecular weight is 195 g/mol. The Labute approximate surface area is 83.9 Å². The third kappa shape index (κ3) is 2.12. The van der Waals surface area contributed by atoms with Crippen LogP contribution in [-0.2, 0) is 6.42 Å². The average Bonchev–Trinajstić information content (AvgIpc) is 2.86. The lowest BCUT2D eigenvalue weighted by molar-refractivity contribution is 0.339. The lowest BCUT2D eigenvalue weighted by atomic mass is 10.1. The highest BCUT2D eigenvalue weighted by molar-refractivity contribution is 4.98. The molecular weight excluding hydrogens is 178 g/mol. The van der Waals surface area contributed by atoms with Gasteiger partial charge in [-0.15, -0.1) is 0 Å². The summed E-state index contributed by atoms with van der Waals surface area (Å²) in [7, 11) is 0. The van der Waals surface area contributed by atoms with Crippen molar-refractivity contribution in [1.29, 1.82) is 0 Å². The van der Waals surface area contributed by atoms with Crippen molar-refractivity contribution in [2.75, 3.05) is 0 Å². The molecule has 1 aliphatic rings. The predicted octanol–water partition coefficient (Wildman–Crippen LogP) is 1.68. The Morgan fingerprint density at radius 3 is 2.79 bits per heavy atom. The van der Waals surface area contributed by atoms with Crippen LogP contribution in [0.2, 0.25) is 0 Å². The summed E-state index contributed by atoms with van der Waals surface area (Å²) < 4.78 is 5.14. The molecule has 0 aliphatic heterocycles. The van der Waals surface area contributed by atoms with E-state index in [2.05, 4.69) is 24.0 Å². The van der Waals surface area contributed by atoms with Crippen molar-refractivity contribution in [2.24, 2.45) is 17.6 Å². The van der Waals surface area contributed by atoms with Gasteiger partial charge in [0.05, 0.1) is 6.04 Å². The summed E-state index contributed by atoms with van der Waals surface area (Å²) in [6.07, 6.45) is 3.26. The van der Waals surface area contributed by atoms with Crippen molar-refractivity contribution >= 4 is 0 Å². The van der Waals surface area contributed by atoms with Gasteiger partial charge in [-0.05, 0) is 24.7 Å². The minimum absolute atomic E-state index is 0.0385. The summed E-state index contributed by atoms with van der Waals surface area (Å²) in [6.45, 7) is 4.27. The van der Waals surface area contributed by atoms with E-state index in [1.807, 2.05) is 0 Å². The van der Waals surface area contributed by atoms with Crippen LogP contribution in [-0.4, -0.2) is 10.1 Å². The Kier molecular flexibility index (Phi) is 2.54. The SMILES string of the molecule is CC(C)Cc1noc(C(N)C2CC2)n1. The molecule has 1 atom stereocenters. The smallest absolute Gasteiger partial charge is 0.243 e. The second kappa shape index (κ2) is 3.69. The van der Waals surface area contributed by atoms with E-state index in [0.717, 1.165) is 12.2 Å². The molecule has 1 aliphatic carbocycles. The highest BCUT2D eigenvalue weighted by Crippen LogP contribution is 2.38. The van der Waals surface area contributed by atoms with Crippen molar-refractivity contribution in [3.8, 4) is 0 Å². The lowest BCUT2D eigenvalue weighted by Crippen LogP contribution is -2.12. The molecule has 2 N–H and O–H groups in total. The standard InChI is InChI=1S/C10H17N3O/c1-6(2)5-8-12-10(14-13-8)9(11)7-3-4-7/h6-7,9H,3-5,11H2,1-2H3. The molecule has 78 valence electrons. The molecule has 0 radical (unpaired) electrons. The molecule has 0 amide bonds. The van der Waals surface area contributed by atoms with E-state index in [0.29, 0.717) is 17.7 Å². The zero-order valence-electron chi connectivity index (χ0n) is 8.73. The number of nitrogens with zero attached hydrogens (tertiary/aromatic N) is 2. The van der Waals surface area contributed by atoms with Gasteiger partial charge in [0.2, 0.25) is 5.89 Å². The van der Waals surface area contributed by atoms with E-state index in [9.17, 15) is 0 Å². The number of hydrogen-bond donors (Lipinski definition) is 1. The van der Waals surface area contributed by atoms with Crippen LogP contribution < -0.4 is 5.73 Å². The van der Waals surface area contributed by atoms with Crippen molar-refractivity contribution in [2.45, 2.75) is 39.2 Å². The van der Waals surface area contributed by atoms with Gasteiger partial charge in [-0.3, -0.25) is 0 Å². The van der Waals surface area contributed by atoms with Gasteiger partial charge in [-0.2, -0.15) is 4.98 Å². The highest BCUT2D eigenvalue weighted by Gasteiger charge is 2.33. The van der Waals surface area contributed by atoms with Gasteiger partial charge < -0.3 is 10.3 Å². The first-order valence-corrected chi connectivity index (χ1v) is 5.25. The van der Waals surface area contributed by atoms with Crippen LogP contribution in [0.15, 0.2) is 4.52 Å². The van der Waals surface area contributed by atoms with E-state index < -0.39 is 0 Å². The monoisotopic (exact) mass is 195 g/mol. The minimum Gasteiger partial charge on any atom is -0.338 e. The van der Waals surface area contributed by atoms with Gasteiger partial charge in [0.1, 0.15) is 0 Å². The molecule has 14 heavy (non-hydrogen) atoms. The molecule has 1 aromatic rings. The summed E-state index contributed by atoms with van der Waals surface area (Å²) in [6, 6.07) is -0.0385. The molecule has 1 fully saturated rings. The predicted molar refractivity (Wildman–Crippen MR) is 52.5 cm³/mol. The van der Waals surface area contributed by atoms with Crippen molar-refractivity contribution in [1.82, 2.24) is 10.1 Å². The summed E-state index contributed by atoms with van der Waals surface area (Å²) in [4.78, 5) is 4.31. The maximum absolute atomic E-state index is 5.95. The molecule has 0 aromatic carbocycles. The fourth-order valence-electron chi connectivity index (χ4n) is 1.51. The van der Waals surface area contributed by atoms with Gasteiger partial charge >= 0.3 is 0 Å². The Morgan fingerprint density at radius 1 is 1.50 bits per heavy atom. The maximum atomic E-state index is 5.95. The normalized spacial score (nSPS) is 18.9. The maximum Gasteiger partial charge on any atom is 0.243 e. The zero-order valence-corrected chi connectivity index (χ0v) is 8.73. The van der Waals surface area contributed by atoms with Gasteiger partial charge in [0.15, 0.2) is 5.82 Å². The van der Waals surface area contributed by atoms with E-state index in [1.165, 1.54) is 12.8 Å². The summed E-state index contributed by atoms with van der Waals surface area (Å²) >= 11 is 0. The first kappa shape index (κ1) is 9.65. The van der Waals surface area contributed by atoms with Gasteiger partial charge in [-0.1, -0.05) is 19.0 Å². The van der Waals surface area contributed by atoms with E-state index in [1.54, 1.807) is 0 Å². The Hall–Kier alpha value is -0.900. The van der Waals surface area contributed by atoms with Crippen LogP contribution in [0, 0.1) is 11.8 Å². The summed E-state index contributed by atoms with van der Waals surface area (Å²) in [5.74, 6) is 2.52. The highest BCUT2D eigenvalue weighted by atomic mass is 16.5. The lowest BCUT2D eigenvalue weighted by Gasteiger charge is -2.01. The Bertz CT molecular complexity index is 304. The van der Waals surface area contributed by atoms with Gasteiger partial charge in [0.25, 0.3) is 0 Å². The fourth-order valence-corrected chi connectivity index (χ4v) is 1.51. The number of nitrogens with two attached hydrogens (primary N) is 1. The third-order valence-corrected chi connectivity index (χ3v) is 2.49. The first-order chi connectivity index (χ1) is 6.66. The number of rotatable bonds is 4. The molecule has 4 heteroatoms. The molecule has 2 rings (SSSR count). The molecule has 0 spiro atoms. The van der Waals surface area contributed by atoms with E-state index in [-0.39, 0.29) is 6.04 Å². The minimum atomic E-state index is -0.0385. The molecule has 4 nitrogen and oxygen atoms in total. The second-order valence-electron chi connectivity index (χ2n) is 4.51. The van der Waals surface area contributed by atoms with Crippen molar-refractivity contribution in [3.05, 3.63) is 11.7 Å². The molecular formula is C10H17N3O. The Balaban J connectivity index is 2.01. The van der Waals surface area contributed by atoms with Crippen LogP contribution in [0.3, 0.4) is 0 Å². The van der Waals surface area contributed by atoms with E-state index in [4.69, 9.17) is 10.3 Å². The molecule has 0 bridgehead atoms. The first-order valence-electron chi connectivity index (χ1n) is 5.25. The van der Waals surface area contributed by atoms with Crippen LogP contribution in [0.4, 0.5) is 0 Å². The third-order valence-electron chi connectivity index (χ3n) is 2.49. The van der Waals surface area contributed by atoms with Crippen LogP contribution in [0.25, 0.3) is 0 Å². The second-order valence-corrected chi connectivity index (χ2v) is 4.51. The topological polar surface area (TPSA) is 64.9 Å². The van der Waals surface area contributed by atoms with Crippen LogP contribution in [0.5, 0.6) is 0 Å². The van der Waals surface area contributed by atoms with E-state index >= 15 is 0 Å². The van der Waals surface area contributed by atoms with Crippen LogP contribution in [0.1, 0.15) is 44.4 Å². The molecule has 0 saturated heterocycles. The van der Waals surface area contributed by atoms with Gasteiger partial charge in [-0.25, -0.2) is 0 Å².